The first-order valence-corrected chi connectivity index (χ1v) is 13.4. The Hall–Kier alpha value is -3.11. The minimum atomic E-state index is -0.701. The maximum absolute atomic E-state index is 12.4. The van der Waals surface area contributed by atoms with Crippen molar-refractivity contribution in [2.75, 3.05) is 31.1 Å². The van der Waals surface area contributed by atoms with Crippen LogP contribution < -0.4 is 10.6 Å². The molecule has 1 aromatic heterocycles. The van der Waals surface area contributed by atoms with E-state index >= 15 is 0 Å². The van der Waals surface area contributed by atoms with Crippen molar-refractivity contribution in [2.45, 2.75) is 61.4 Å². The van der Waals surface area contributed by atoms with Gasteiger partial charge in [0.25, 0.3) is 0 Å². The van der Waals surface area contributed by atoms with Crippen LogP contribution in [-0.2, 0) is 11.2 Å². The summed E-state index contributed by atoms with van der Waals surface area (Å²) in [5.41, 5.74) is 7.93. The molecule has 2 fully saturated rings. The third-order valence-corrected chi connectivity index (χ3v) is 8.54. The number of hydrogen-bond donors (Lipinski definition) is 2. The summed E-state index contributed by atoms with van der Waals surface area (Å²) < 4.78 is 0. The number of aromatic nitrogens is 1. The van der Waals surface area contributed by atoms with Gasteiger partial charge in [-0.3, -0.25) is 9.69 Å². The minimum absolute atomic E-state index is 0.193. The van der Waals surface area contributed by atoms with Crippen molar-refractivity contribution in [1.82, 2.24) is 9.88 Å². The Bertz CT molecular complexity index is 1170. The number of aliphatic hydroxyl groups is 1. The highest BCUT2D eigenvalue weighted by atomic mass is 32.2. The number of piperidine rings is 1. The number of carbonyl (C=O) groups excluding carboxylic acids is 1. The third kappa shape index (κ3) is 5.19. The van der Waals surface area contributed by atoms with Gasteiger partial charge in [0.05, 0.1) is 17.7 Å². The third-order valence-electron chi connectivity index (χ3n) is 7.28. The van der Waals surface area contributed by atoms with E-state index in [4.69, 9.17) is 10.7 Å². The minimum Gasteiger partial charge on any atom is -0.395 e. The van der Waals surface area contributed by atoms with E-state index in [1.165, 1.54) is 11.8 Å². The number of hydrogen-bond acceptors (Lipinski definition) is 8. The highest BCUT2D eigenvalue weighted by Crippen LogP contribution is 2.40. The fourth-order valence-corrected chi connectivity index (χ4v) is 6.53. The second-order valence-corrected chi connectivity index (χ2v) is 10.4. The highest BCUT2D eigenvalue weighted by Gasteiger charge is 2.34. The number of amides is 1. The molecular formula is C27H32N6O2S. The van der Waals surface area contributed by atoms with E-state index in [0.717, 1.165) is 50.9 Å². The zero-order valence-corrected chi connectivity index (χ0v) is 21.4. The van der Waals surface area contributed by atoms with E-state index in [1.54, 1.807) is 0 Å². The van der Waals surface area contributed by atoms with Gasteiger partial charge in [0, 0.05) is 25.2 Å². The molecule has 4 rings (SSSR count). The zero-order chi connectivity index (χ0) is 25.7. The Balaban J connectivity index is 1.66. The van der Waals surface area contributed by atoms with Gasteiger partial charge in [0.2, 0.25) is 5.91 Å². The number of rotatable bonds is 8. The number of benzene rings is 1. The number of pyridine rings is 1. The lowest BCUT2D eigenvalue weighted by Crippen LogP contribution is -2.48. The van der Waals surface area contributed by atoms with E-state index in [1.807, 2.05) is 37.3 Å². The van der Waals surface area contributed by atoms with E-state index in [9.17, 15) is 20.4 Å². The Morgan fingerprint density at radius 3 is 2.44 bits per heavy atom. The van der Waals surface area contributed by atoms with Crippen LogP contribution in [0, 0.1) is 22.7 Å². The van der Waals surface area contributed by atoms with Crippen LogP contribution in [0.4, 0.5) is 5.82 Å². The van der Waals surface area contributed by atoms with Crippen LogP contribution in [0.15, 0.2) is 35.4 Å². The van der Waals surface area contributed by atoms with E-state index in [-0.39, 0.29) is 12.6 Å². The number of aliphatic hydroxyl groups excluding tert-OH is 1. The SMILES string of the molecule is CCc1c(C#N)c(SC(C(N)=O)c2ccccc2)nc(N2CCC(N3CCC[C@@H]3CO)CC2)c1C#N. The Morgan fingerprint density at radius 1 is 1.17 bits per heavy atom. The van der Waals surface area contributed by atoms with Crippen LogP contribution in [0.25, 0.3) is 0 Å². The van der Waals surface area contributed by atoms with Crippen molar-refractivity contribution < 1.29 is 9.90 Å². The molecule has 0 saturated carbocycles. The highest BCUT2D eigenvalue weighted by molar-refractivity contribution is 8.00. The van der Waals surface area contributed by atoms with Gasteiger partial charge in [-0.05, 0) is 49.8 Å². The van der Waals surface area contributed by atoms with Crippen LogP contribution in [-0.4, -0.2) is 59.2 Å². The molecule has 3 heterocycles. The fourth-order valence-electron chi connectivity index (χ4n) is 5.47. The van der Waals surface area contributed by atoms with Gasteiger partial charge in [-0.25, -0.2) is 4.98 Å². The molecular weight excluding hydrogens is 472 g/mol. The van der Waals surface area contributed by atoms with Gasteiger partial charge in [0.15, 0.2) is 0 Å². The molecule has 2 aliphatic heterocycles. The number of likely N-dealkylation sites (tertiary alicyclic amines) is 1. The largest absolute Gasteiger partial charge is 0.395 e. The molecule has 0 radical (unpaired) electrons. The molecule has 1 unspecified atom stereocenters. The van der Waals surface area contributed by atoms with E-state index < -0.39 is 11.2 Å². The molecule has 0 aliphatic carbocycles. The number of nitriles is 2. The maximum atomic E-state index is 12.4. The summed E-state index contributed by atoms with van der Waals surface area (Å²) in [6.45, 7) is 4.60. The summed E-state index contributed by atoms with van der Waals surface area (Å²) in [5.74, 6) is 0.0661. The molecule has 2 saturated heterocycles. The van der Waals surface area contributed by atoms with Gasteiger partial charge in [-0.2, -0.15) is 10.5 Å². The predicted octanol–water partition coefficient (Wildman–Crippen LogP) is 3.13. The van der Waals surface area contributed by atoms with Crippen LogP contribution in [0.1, 0.15) is 60.1 Å². The molecule has 36 heavy (non-hydrogen) atoms. The number of anilines is 1. The second kappa shape index (κ2) is 11.7. The Morgan fingerprint density at radius 2 is 1.86 bits per heavy atom. The summed E-state index contributed by atoms with van der Waals surface area (Å²) in [4.78, 5) is 21.8. The van der Waals surface area contributed by atoms with Crippen molar-refractivity contribution >= 4 is 23.5 Å². The Kier molecular flexibility index (Phi) is 8.48. The predicted molar refractivity (Wildman–Crippen MR) is 139 cm³/mol. The van der Waals surface area contributed by atoms with Crippen molar-refractivity contribution in [3.05, 3.63) is 52.6 Å². The topological polar surface area (TPSA) is 130 Å². The molecule has 2 aliphatic rings. The molecule has 188 valence electrons. The molecule has 2 atom stereocenters. The van der Waals surface area contributed by atoms with Gasteiger partial charge in [-0.15, -0.1) is 0 Å². The Labute approximate surface area is 216 Å². The number of nitrogens with two attached hydrogens (primary N) is 1. The summed E-state index contributed by atoms with van der Waals surface area (Å²) in [7, 11) is 0. The average Bonchev–Trinajstić information content (AvgIpc) is 3.40. The second-order valence-electron chi connectivity index (χ2n) is 9.29. The molecule has 1 aromatic carbocycles. The summed E-state index contributed by atoms with van der Waals surface area (Å²) in [6, 6.07) is 14.4. The zero-order valence-electron chi connectivity index (χ0n) is 20.6. The first kappa shape index (κ1) is 26.0. The van der Waals surface area contributed by atoms with E-state index in [0.29, 0.717) is 40.0 Å². The van der Waals surface area contributed by atoms with Crippen molar-refractivity contribution in [2.24, 2.45) is 5.73 Å². The van der Waals surface area contributed by atoms with Gasteiger partial charge in [-0.1, -0.05) is 49.0 Å². The first-order chi connectivity index (χ1) is 17.5. The normalized spacial score (nSPS) is 19.6. The molecule has 0 spiro atoms. The van der Waals surface area contributed by atoms with Crippen LogP contribution >= 0.6 is 11.8 Å². The average molecular weight is 505 g/mol. The number of nitrogens with zero attached hydrogens (tertiary/aromatic N) is 5. The van der Waals surface area contributed by atoms with Crippen molar-refractivity contribution in [1.29, 1.82) is 10.5 Å². The monoisotopic (exact) mass is 504 g/mol. The van der Waals surface area contributed by atoms with Crippen LogP contribution in [0.3, 0.4) is 0 Å². The molecule has 3 N–H and O–H groups in total. The molecule has 1 amide bonds. The fraction of sp³-hybridized carbons (Fsp3) is 0.481. The number of carbonyl (C=O) groups is 1. The number of primary amides is 1. The quantitative estimate of drug-likeness (QED) is 0.525. The smallest absolute Gasteiger partial charge is 0.235 e. The van der Waals surface area contributed by atoms with Crippen molar-refractivity contribution in [3.63, 3.8) is 0 Å². The maximum Gasteiger partial charge on any atom is 0.235 e. The summed E-state index contributed by atoms with van der Waals surface area (Å²) >= 11 is 1.17. The van der Waals surface area contributed by atoms with Crippen LogP contribution in [0.2, 0.25) is 0 Å². The van der Waals surface area contributed by atoms with Crippen molar-refractivity contribution in [3.8, 4) is 12.1 Å². The summed E-state index contributed by atoms with van der Waals surface area (Å²) in [6.07, 6.45) is 4.49. The van der Waals surface area contributed by atoms with Gasteiger partial charge in [0.1, 0.15) is 28.2 Å². The molecule has 8 nitrogen and oxygen atoms in total. The molecule has 0 bridgehead atoms. The first-order valence-electron chi connectivity index (χ1n) is 12.5. The standard InChI is InChI=1S/C27H32N6O2S/c1-2-21-22(15-28)26(32-13-10-19(11-14-32)33-12-6-9-20(33)17-34)31-27(23(21)16-29)36-24(25(30)35)18-7-4-3-5-8-18/h3-5,7-8,19-20,24,34H,2,6,9-14,17H2,1H3,(H2,30,35)/t20-,24?/m1/s1. The number of thioether (sulfide) groups is 1. The molecule has 2 aromatic rings. The lowest BCUT2D eigenvalue weighted by Gasteiger charge is -2.40. The van der Waals surface area contributed by atoms with Gasteiger partial charge < -0.3 is 15.7 Å². The molecule has 9 heteroatoms. The van der Waals surface area contributed by atoms with Crippen LogP contribution in [0.5, 0.6) is 0 Å². The summed E-state index contributed by atoms with van der Waals surface area (Å²) in [5, 5.41) is 29.5. The lowest BCUT2D eigenvalue weighted by molar-refractivity contribution is -0.117. The lowest BCUT2D eigenvalue weighted by atomic mass is 9.99. The van der Waals surface area contributed by atoms with E-state index in [2.05, 4.69) is 21.9 Å². The van der Waals surface area contributed by atoms with Gasteiger partial charge >= 0.3 is 0 Å².